The van der Waals surface area contributed by atoms with Gasteiger partial charge in [0.1, 0.15) is 5.69 Å². The molecule has 6 nitrogen and oxygen atoms in total. The van der Waals surface area contributed by atoms with Crippen LogP contribution in [-0.2, 0) is 11.2 Å². The van der Waals surface area contributed by atoms with Crippen molar-refractivity contribution in [2.24, 2.45) is 0 Å². The zero-order valence-electron chi connectivity index (χ0n) is 14.1. The predicted molar refractivity (Wildman–Crippen MR) is 92.6 cm³/mol. The number of amides is 1. The van der Waals surface area contributed by atoms with E-state index in [1.54, 1.807) is 11.0 Å². The van der Waals surface area contributed by atoms with E-state index in [0.717, 1.165) is 17.8 Å². The SMILES string of the molecule is CCc1ccc(Nc2nc(C)cc(C(=O)N3CCOCC3)n2)cc1. The van der Waals surface area contributed by atoms with E-state index in [0.29, 0.717) is 37.9 Å². The van der Waals surface area contributed by atoms with E-state index in [9.17, 15) is 4.79 Å². The number of benzene rings is 1. The van der Waals surface area contributed by atoms with Gasteiger partial charge in [-0.25, -0.2) is 9.97 Å². The van der Waals surface area contributed by atoms with E-state index in [4.69, 9.17) is 4.74 Å². The Morgan fingerprint density at radius 2 is 1.92 bits per heavy atom. The Labute approximate surface area is 141 Å². The summed E-state index contributed by atoms with van der Waals surface area (Å²) in [5, 5.41) is 3.18. The quantitative estimate of drug-likeness (QED) is 0.935. The Morgan fingerprint density at radius 3 is 2.58 bits per heavy atom. The van der Waals surface area contributed by atoms with Crippen molar-refractivity contribution in [2.75, 3.05) is 31.6 Å². The van der Waals surface area contributed by atoms with E-state index >= 15 is 0 Å². The highest BCUT2D eigenvalue weighted by Crippen LogP contribution is 2.16. The minimum Gasteiger partial charge on any atom is -0.378 e. The average Bonchev–Trinajstić information content (AvgIpc) is 2.62. The Bertz CT molecular complexity index is 709. The van der Waals surface area contributed by atoms with Gasteiger partial charge < -0.3 is 15.0 Å². The molecular weight excluding hydrogens is 304 g/mol. The highest BCUT2D eigenvalue weighted by molar-refractivity contribution is 5.92. The lowest BCUT2D eigenvalue weighted by atomic mass is 10.1. The molecule has 2 heterocycles. The summed E-state index contributed by atoms with van der Waals surface area (Å²) in [6, 6.07) is 9.85. The van der Waals surface area contributed by atoms with Gasteiger partial charge in [-0.1, -0.05) is 19.1 Å². The van der Waals surface area contributed by atoms with Gasteiger partial charge in [0.2, 0.25) is 5.95 Å². The molecule has 0 bridgehead atoms. The number of hydrogen-bond donors (Lipinski definition) is 1. The molecule has 1 aliphatic heterocycles. The van der Waals surface area contributed by atoms with E-state index < -0.39 is 0 Å². The number of aromatic nitrogens is 2. The third-order valence-corrected chi connectivity index (χ3v) is 3.99. The number of rotatable bonds is 4. The first-order chi connectivity index (χ1) is 11.7. The van der Waals surface area contributed by atoms with Crippen LogP contribution in [0.1, 0.15) is 28.7 Å². The average molecular weight is 326 g/mol. The van der Waals surface area contributed by atoms with Gasteiger partial charge in [-0.05, 0) is 37.1 Å². The summed E-state index contributed by atoms with van der Waals surface area (Å²) in [6.45, 7) is 6.33. The number of nitrogens with one attached hydrogen (secondary N) is 1. The van der Waals surface area contributed by atoms with Crippen molar-refractivity contribution < 1.29 is 9.53 Å². The number of carbonyl (C=O) groups is 1. The molecule has 0 spiro atoms. The number of aryl methyl sites for hydroxylation is 2. The van der Waals surface area contributed by atoms with Crippen LogP contribution in [0, 0.1) is 6.92 Å². The molecule has 0 radical (unpaired) electrons. The minimum atomic E-state index is -0.0758. The van der Waals surface area contributed by atoms with Crippen LogP contribution in [0.15, 0.2) is 30.3 Å². The Kier molecular flexibility index (Phi) is 5.05. The van der Waals surface area contributed by atoms with E-state index in [-0.39, 0.29) is 5.91 Å². The van der Waals surface area contributed by atoms with Crippen molar-refractivity contribution in [3.8, 4) is 0 Å². The molecule has 2 aromatic rings. The third-order valence-electron chi connectivity index (χ3n) is 3.99. The molecule has 3 rings (SSSR count). The number of carbonyl (C=O) groups excluding carboxylic acids is 1. The van der Waals surface area contributed by atoms with Crippen LogP contribution in [0.3, 0.4) is 0 Å². The van der Waals surface area contributed by atoms with Gasteiger partial charge in [-0.3, -0.25) is 4.79 Å². The summed E-state index contributed by atoms with van der Waals surface area (Å²) in [7, 11) is 0. The highest BCUT2D eigenvalue weighted by Gasteiger charge is 2.20. The first-order valence-corrected chi connectivity index (χ1v) is 8.24. The number of anilines is 2. The van der Waals surface area contributed by atoms with Crippen LogP contribution >= 0.6 is 0 Å². The van der Waals surface area contributed by atoms with Gasteiger partial charge in [-0.2, -0.15) is 0 Å². The third kappa shape index (κ3) is 3.89. The number of nitrogens with zero attached hydrogens (tertiary/aromatic N) is 3. The molecule has 1 aromatic carbocycles. The van der Waals surface area contributed by atoms with Gasteiger partial charge in [0.05, 0.1) is 13.2 Å². The summed E-state index contributed by atoms with van der Waals surface area (Å²) in [4.78, 5) is 23.1. The molecular formula is C18H22N4O2. The van der Waals surface area contributed by atoms with Crippen molar-refractivity contribution >= 4 is 17.5 Å². The number of hydrogen-bond acceptors (Lipinski definition) is 5. The topological polar surface area (TPSA) is 67.4 Å². The summed E-state index contributed by atoms with van der Waals surface area (Å²) < 4.78 is 5.29. The molecule has 1 N–H and O–H groups in total. The monoisotopic (exact) mass is 326 g/mol. The summed E-state index contributed by atoms with van der Waals surface area (Å²) in [5.74, 6) is 0.365. The maximum absolute atomic E-state index is 12.6. The molecule has 0 aliphatic carbocycles. The van der Waals surface area contributed by atoms with Crippen molar-refractivity contribution in [2.45, 2.75) is 20.3 Å². The fourth-order valence-electron chi connectivity index (χ4n) is 2.62. The van der Waals surface area contributed by atoms with Crippen LogP contribution in [0.25, 0.3) is 0 Å². The lowest BCUT2D eigenvalue weighted by Gasteiger charge is -2.26. The summed E-state index contributed by atoms with van der Waals surface area (Å²) in [5.41, 5.74) is 3.35. The summed E-state index contributed by atoms with van der Waals surface area (Å²) >= 11 is 0. The second-order valence-corrected chi connectivity index (χ2v) is 5.80. The largest absolute Gasteiger partial charge is 0.378 e. The summed E-state index contributed by atoms with van der Waals surface area (Å²) in [6.07, 6.45) is 0.999. The van der Waals surface area contributed by atoms with Gasteiger partial charge in [0.15, 0.2) is 0 Å². The fourth-order valence-corrected chi connectivity index (χ4v) is 2.62. The van der Waals surface area contributed by atoms with E-state index in [2.05, 4.69) is 34.3 Å². The van der Waals surface area contributed by atoms with Crippen molar-refractivity contribution in [3.05, 3.63) is 47.3 Å². The molecule has 6 heteroatoms. The number of morpholine rings is 1. The van der Waals surface area contributed by atoms with Crippen molar-refractivity contribution in [3.63, 3.8) is 0 Å². The van der Waals surface area contributed by atoms with Gasteiger partial charge in [0.25, 0.3) is 5.91 Å². The molecule has 126 valence electrons. The normalized spacial score (nSPS) is 14.5. The lowest BCUT2D eigenvalue weighted by Crippen LogP contribution is -2.41. The van der Waals surface area contributed by atoms with Gasteiger partial charge in [0, 0.05) is 24.5 Å². The lowest BCUT2D eigenvalue weighted by molar-refractivity contribution is 0.0299. The maximum Gasteiger partial charge on any atom is 0.272 e. The van der Waals surface area contributed by atoms with Crippen LogP contribution in [0.4, 0.5) is 11.6 Å². The van der Waals surface area contributed by atoms with Crippen LogP contribution in [0.2, 0.25) is 0 Å². The van der Waals surface area contributed by atoms with Crippen molar-refractivity contribution in [1.82, 2.24) is 14.9 Å². The molecule has 1 aliphatic rings. The van der Waals surface area contributed by atoms with Crippen LogP contribution in [0.5, 0.6) is 0 Å². The molecule has 0 saturated carbocycles. The predicted octanol–water partition coefficient (Wildman–Crippen LogP) is 2.56. The molecule has 1 aromatic heterocycles. The second kappa shape index (κ2) is 7.40. The zero-order valence-corrected chi connectivity index (χ0v) is 14.1. The van der Waals surface area contributed by atoms with Crippen LogP contribution < -0.4 is 5.32 Å². The smallest absolute Gasteiger partial charge is 0.272 e. The molecule has 24 heavy (non-hydrogen) atoms. The Morgan fingerprint density at radius 1 is 1.21 bits per heavy atom. The molecule has 0 unspecified atom stereocenters. The molecule has 1 saturated heterocycles. The van der Waals surface area contributed by atoms with Crippen molar-refractivity contribution in [1.29, 1.82) is 0 Å². The van der Waals surface area contributed by atoms with Crippen LogP contribution in [-0.4, -0.2) is 47.1 Å². The Balaban J connectivity index is 1.78. The molecule has 1 amide bonds. The minimum absolute atomic E-state index is 0.0758. The second-order valence-electron chi connectivity index (χ2n) is 5.80. The standard InChI is InChI=1S/C18H22N4O2/c1-3-14-4-6-15(7-5-14)20-18-19-13(2)12-16(21-18)17(23)22-8-10-24-11-9-22/h4-7,12H,3,8-11H2,1-2H3,(H,19,20,21). The van der Waals surface area contributed by atoms with E-state index in [1.165, 1.54) is 5.56 Å². The number of ether oxygens (including phenoxy) is 1. The zero-order chi connectivity index (χ0) is 16.9. The first kappa shape index (κ1) is 16.4. The highest BCUT2D eigenvalue weighted by atomic mass is 16.5. The Hall–Kier alpha value is -2.47. The first-order valence-electron chi connectivity index (χ1n) is 8.24. The molecule has 0 atom stereocenters. The molecule has 1 fully saturated rings. The maximum atomic E-state index is 12.6. The van der Waals surface area contributed by atoms with Gasteiger partial charge >= 0.3 is 0 Å². The van der Waals surface area contributed by atoms with Gasteiger partial charge in [-0.15, -0.1) is 0 Å². The van der Waals surface area contributed by atoms with E-state index in [1.807, 2.05) is 19.1 Å². The fraction of sp³-hybridized carbons (Fsp3) is 0.389.